The van der Waals surface area contributed by atoms with Gasteiger partial charge in [0.15, 0.2) is 40.8 Å². The van der Waals surface area contributed by atoms with Gasteiger partial charge in [0.25, 0.3) is 11.4 Å². The number of rotatable bonds is 11. The number of Topliss-reactive ketones (excluding diaryl/α,β-unsaturated/α-hetero) is 5. The van der Waals surface area contributed by atoms with E-state index in [1.165, 1.54) is 0 Å². The van der Waals surface area contributed by atoms with Crippen molar-refractivity contribution in [1.82, 2.24) is 0 Å². The minimum Gasteiger partial charge on any atom is -0.443 e. The maximum Gasteiger partial charge on any atom is 0.304 e. The zero-order valence-electron chi connectivity index (χ0n) is 25.2. The van der Waals surface area contributed by atoms with Crippen LogP contribution in [0.15, 0.2) is 0 Å². The molecule has 2 rings (SSSR count). The highest BCUT2D eigenvalue weighted by Gasteiger charge is 2.87. The largest absolute Gasteiger partial charge is 0.443 e. The predicted octanol–water partition coefficient (Wildman–Crippen LogP) is -3.74. The second-order valence-corrected chi connectivity index (χ2v) is 11.9. The molecule has 19 heteroatoms. The zero-order valence-corrected chi connectivity index (χ0v) is 26.8. The molecule has 0 amide bonds. The number of alkyl halides is 1. The molecule has 0 aromatic heterocycles. The Morgan fingerprint density at radius 2 is 1.20 bits per heavy atom. The number of carbonyl (C=O) groups excluding carboxylic acids is 7. The predicted molar refractivity (Wildman–Crippen MR) is 144 cm³/mol. The Kier molecular flexibility index (Phi) is 10.8. The van der Waals surface area contributed by atoms with E-state index in [0.29, 0.717) is 48.5 Å². The minimum absolute atomic E-state index is 0.555. The molecular formula is C26H35BrO18. The van der Waals surface area contributed by atoms with Gasteiger partial charge in [-0.2, -0.15) is 0 Å². The summed E-state index contributed by atoms with van der Waals surface area (Å²) in [5.74, 6) is -14.9. The Hall–Kier alpha value is -2.59. The van der Waals surface area contributed by atoms with Crippen molar-refractivity contribution in [2.24, 2.45) is 0 Å². The first-order valence-electron chi connectivity index (χ1n) is 13.1. The summed E-state index contributed by atoms with van der Waals surface area (Å²) in [6, 6.07) is 0. The summed E-state index contributed by atoms with van der Waals surface area (Å²) in [7, 11) is 0. The molecule has 0 radical (unpaired) electrons. The normalized spacial score (nSPS) is 41.5. The molecular weight excluding hydrogens is 680 g/mol. The molecule has 0 spiro atoms. The van der Waals surface area contributed by atoms with Crippen LogP contribution < -0.4 is 0 Å². The number of aliphatic hydroxyl groups is 6. The van der Waals surface area contributed by atoms with Gasteiger partial charge >= 0.3 is 11.9 Å². The van der Waals surface area contributed by atoms with E-state index in [9.17, 15) is 64.2 Å². The van der Waals surface area contributed by atoms with Crippen molar-refractivity contribution in [3.05, 3.63) is 0 Å². The lowest BCUT2D eigenvalue weighted by molar-refractivity contribution is -0.436. The monoisotopic (exact) mass is 714 g/mol. The first kappa shape index (κ1) is 38.6. The molecule has 10 atom stereocenters. The molecule has 0 aromatic carbocycles. The Balaban J connectivity index is 3.43. The molecule has 0 bridgehead atoms. The van der Waals surface area contributed by atoms with Gasteiger partial charge in [0.1, 0.15) is 18.3 Å². The number of ketones is 5. The van der Waals surface area contributed by atoms with E-state index in [1.807, 2.05) is 0 Å². The van der Waals surface area contributed by atoms with Gasteiger partial charge in [-0.05, 0) is 43.6 Å². The van der Waals surface area contributed by atoms with Crippen molar-refractivity contribution in [3.63, 3.8) is 0 Å². The van der Waals surface area contributed by atoms with Crippen molar-refractivity contribution in [3.8, 4) is 0 Å². The number of ether oxygens (including phenoxy) is 5. The first-order valence-corrected chi connectivity index (χ1v) is 13.9. The fraction of sp³-hybridized carbons (Fsp3) is 0.731. The van der Waals surface area contributed by atoms with Crippen LogP contribution in [-0.2, 0) is 57.2 Å². The Morgan fingerprint density at radius 3 is 1.53 bits per heavy atom. The highest BCUT2D eigenvalue weighted by atomic mass is 79.9. The summed E-state index contributed by atoms with van der Waals surface area (Å²) in [5.41, 5.74) is -14.9. The SMILES string of the molecule is CC(=O)O[C@@]1(C(C)=O)[C@](O[C@]2(C(C)=O)[C@@H](CO)O[C@@H](O)[C@@](O)(Br)[C@]2(O)C(C)=O)(C(C)=O)O[C@H](CO)[C@@H](O)[C@@]1(OC(C)=O)C(C)=O. The van der Waals surface area contributed by atoms with Crippen molar-refractivity contribution in [2.75, 3.05) is 13.2 Å². The highest BCUT2D eigenvalue weighted by Crippen LogP contribution is 2.57. The van der Waals surface area contributed by atoms with Gasteiger partial charge in [0, 0.05) is 20.8 Å². The third-order valence-corrected chi connectivity index (χ3v) is 8.92. The van der Waals surface area contributed by atoms with Crippen molar-refractivity contribution < 1.29 is 87.9 Å². The standard InChI is InChI=1S/C26H35BrO18/c1-10(30)21(18(9-29)41-20(38)25(27,40)23(21,39)12(3)32)45-26(14(5)34)24(13(4)33,43-16(7)36)22(11(2)31,42-15(6)35)19(37)17(8-28)44-26/h17-20,28-29,37-40H,8-9H2,1-7H3/t17-,18-,19-,20-,21-,22+,23+,24-,25+,26-/m1/s1. The van der Waals surface area contributed by atoms with Gasteiger partial charge in [0.2, 0.25) is 15.7 Å². The van der Waals surface area contributed by atoms with E-state index in [4.69, 9.17) is 23.7 Å². The third-order valence-electron chi connectivity index (χ3n) is 7.96. The van der Waals surface area contributed by atoms with Gasteiger partial charge < -0.3 is 54.3 Å². The Bertz CT molecular complexity index is 1300. The lowest BCUT2D eigenvalue weighted by Crippen LogP contribution is -2.91. The molecule has 18 nitrogen and oxygen atoms in total. The van der Waals surface area contributed by atoms with Crippen LogP contribution >= 0.6 is 15.9 Å². The van der Waals surface area contributed by atoms with Crippen molar-refractivity contribution in [2.45, 2.75) is 106 Å². The van der Waals surface area contributed by atoms with Gasteiger partial charge in [0.05, 0.1) is 13.2 Å². The van der Waals surface area contributed by atoms with Gasteiger partial charge in [-0.1, -0.05) is 0 Å². The molecule has 0 saturated carbocycles. The van der Waals surface area contributed by atoms with Gasteiger partial charge in [-0.25, -0.2) is 0 Å². The number of hydrogen-bond donors (Lipinski definition) is 6. The van der Waals surface area contributed by atoms with E-state index in [0.717, 1.165) is 0 Å². The molecule has 2 aliphatic heterocycles. The van der Waals surface area contributed by atoms with Crippen LogP contribution in [-0.4, -0.2) is 142 Å². The van der Waals surface area contributed by atoms with Crippen LogP contribution in [0.3, 0.4) is 0 Å². The zero-order chi connectivity index (χ0) is 35.3. The number of aliphatic hydroxyl groups excluding tert-OH is 4. The minimum atomic E-state index is -3.91. The van der Waals surface area contributed by atoms with Crippen molar-refractivity contribution in [1.29, 1.82) is 0 Å². The summed E-state index contributed by atoms with van der Waals surface area (Å²) < 4.78 is 23.7. The lowest BCUT2D eigenvalue weighted by Gasteiger charge is -2.63. The summed E-state index contributed by atoms with van der Waals surface area (Å²) in [5, 5.41) is 65.5. The number of halogens is 1. The molecule has 2 fully saturated rings. The first-order chi connectivity index (χ1) is 20.4. The molecule has 2 saturated heterocycles. The van der Waals surface area contributed by atoms with Crippen LogP contribution in [0.1, 0.15) is 48.5 Å². The van der Waals surface area contributed by atoms with Crippen LogP contribution in [0.5, 0.6) is 0 Å². The maximum absolute atomic E-state index is 13.9. The summed E-state index contributed by atoms with van der Waals surface area (Å²) in [6.45, 7) is 1.39. The fourth-order valence-corrected chi connectivity index (χ4v) is 6.82. The molecule has 0 aromatic rings. The topological polar surface area (TPSA) is 287 Å². The molecule has 254 valence electrons. The Labute approximate surface area is 263 Å². The van der Waals surface area contributed by atoms with E-state index in [1.54, 1.807) is 0 Å². The number of esters is 2. The molecule has 0 unspecified atom stereocenters. The average Bonchev–Trinajstić information content (AvgIpc) is 2.90. The van der Waals surface area contributed by atoms with Crippen LogP contribution in [0.4, 0.5) is 0 Å². The van der Waals surface area contributed by atoms with Crippen LogP contribution in [0, 0.1) is 0 Å². The molecule has 0 aliphatic carbocycles. The Morgan fingerprint density at radius 1 is 0.711 bits per heavy atom. The van der Waals surface area contributed by atoms with Gasteiger partial charge in [-0.15, -0.1) is 0 Å². The molecule has 6 N–H and O–H groups in total. The van der Waals surface area contributed by atoms with Crippen LogP contribution in [0.2, 0.25) is 0 Å². The van der Waals surface area contributed by atoms with Crippen LogP contribution in [0.25, 0.3) is 0 Å². The number of carbonyl (C=O) groups is 7. The maximum atomic E-state index is 13.9. The highest BCUT2D eigenvalue weighted by molar-refractivity contribution is 9.10. The molecule has 2 aliphatic rings. The van der Waals surface area contributed by atoms with E-state index in [-0.39, 0.29) is 0 Å². The summed E-state index contributed by atoms with van der Waals surface area (Å²) >= 11 is 2.53. The van der Waals surface area contributed by atoms with Gasteiger partial charge in [-0.3, -0.25) is 33.6 Å². The van der Waals surface area contributed by atoms with E-state index < -0.39 is 111 Å². The molecule has 45 heavy (non-hydrogen) atoms. The fourth-order valence-electron chi connectivity index (χ4n) is 6.13. The van der Waals surface area contributed by atoms with Crippen molar-refractivity contribution >= 4 is 56.8 Å². The summed E-state index contributed by atoms with van der Waals surface area (Å²) in [6.07, 6.45) is -10.0. The second kappa shape index (κ2) is 12.5. The summed E-state index contributed by atoms with van der Waals surface area (Å²) in [4.78, 5) is 93.4. The molecule has 2 heterocycles. The smallest absolute Gasteiger partial charge is 0.304 e. The van der Waals surface area contributed by atoms with E-state index in [2.05, 4.69) is 15.9 Å². The quantitative estimate of drug-likeness (QED) is 0.0885. The average molecular weight is 715 g/mol. The number of hydrogen-bond acceptors (Lipinski definition) is 18. The van der Waals surface area contributed by atoms with E-state index >= 15 is 0 Å². The second-order valence-electron chi connectivity index (χ2n) is 10.7. The third kappa shape index (κ3) is 4.91. The lowest BCUT2D eigenvalue weighted by atomic mass is 9.62.